The first-order chi connectivity index (χ1) is 8.33. The van der Waals surface area contributed by atoms with E-state index in [0.29, 0.717) is 6.47 Å². The molecule has 0 spiro atoms. The molecule has 0 aliphatic heterocycles. The number of halogens is 1. The highest BCUT2D eigenvalue weighted by molar-refractivity contribution is 9.10. The number of benzene rings is 1. The number of carbonyl (C=O) groups excluding carboxylic acids is 1. The summed E-state index contributed by atoms with van der Waals surface area (Å²) in [5, 5.41) is 8.22. The Morgan fingerprint density at radius 2 is 2.06 bits per heavy atom. The second-order valence-electron chi connectivity index (χ2n) is 4.83. The van der Waals surface area contributed by atoms with Crippen LogP contribution >= 0.6 is 15.9 Å². The zero-order valence-electron chi connectivity index (χ0n) is 11.0. The molecule has 0 aliphatic rings. The minimum absolute atomic E-state index is 0.318. The van der Waals surface area contributed by atoms with E-state index in [2.05, 4.69) is 36.9 Å². The maximum absolute atomic E-state index is 9.60. The van der Waals surface area contributed by atoms with Gasteiger partial charge in [0.15, 0.2) is 0 Å². The molecular weight excluding hydrogens is 296 g/mol. The van der Waals surface area contributed by atoms with Crippen LogP contribution in [0.15, 0.2) is 22.7 Å². The second-order valence-corrected chi connectivity index (χ2v) is 5.74. The zero-order valence-corrected chi connectivity index (χ0v) is 12.5. The van der Waals surface area contributed by atoms with E-state index in [-0.39, 0.29) is 5.60 Å². The Bertz CT molecular complexity index is 529. The molecule has 4 nitrogen and oxygen atoms in total. The van der Waals surface area contributed by atoms with Gasteiger partial charge >= 0.3 is 0 Å². The van der Waals surface area contributed by atoms with E-state index in [1.165, 1.54) is 5.39 Å². The number of aromatic nitrogens is 2. The van der Waals surface area contributed by atoms with Crippen molar-refractivity contribution < 1.29 is 9.53 Å². The Hall–Kier alpha value is -1.36. The van der Waals surface area contributed by atoms with Gasteiger partial charge < -0.3 is 4.74 Å². The fourth-order valence-corrected chi connectivity index (χ4v) is 1.62. The Morgan fingerprint density at radius 3 is 2.56 bits per heavy atom. The maximum atomic E-state index is 9.60. The first kappa shape index (κ1) is 14.7. The molecule has 0 aliphatic carbocycles. The number of ether oxygens (including phenoxy) is 1. The summed E-state index contributed by atoms with van der Waals surface area (Å²) in [5.41, 5.74) is 1.81. The normalized spacial score (nSPS) is 10.7. The van der Waals surface area contributed by atoms with Crippen molar-refractivity contribution in [2.45, 2.75) is 33.3 Å². The van der Waals surface area contributed by atoms with E-state index in [4.69, 9.17) is 0 Å². The SMILES string of the molecule is CC(C)(C)OC=O.Cc1n[nH]c2ccc(Br)cc12. The van der Waals surface area contributed by atoms with Crippen LogP contribution in [-0.2, 0) is 9.53 Å². The first-order valence-electron chi connectivity index (χ1n) is 5.55. The highest BCUT2D eigenvalue weighted by atomic mass is 79.9. The summed E-state index contributed by atoms with van der Waals surface area (Å²) in [6, 6.07) is 6.08. The van der Waals surface area contributed by atoms with Gasteiger partial charge in [0.05, 0.1) is 11.2 Å². The number of fused-ring (bicyclic) bond motifs is 1. The highest BCUT2D eigenvalue weighted by Gasteiger charge is 2.07. The molecule has 98 valence electrons. The van der Waals surface area contributed by atoms with Crippen molar-refractivity contribution in [3.05, 3.63) is 28.4 Å². The van der Waals surface area contributed by atoms with E-state index in [1.807, 2.05) is 39.8 Å². The highest BCUT2D eigenvalue weighted by Crippen LogP contribution is 2.19. The smallest absolute Gasteiger partial charge is 0.293 e. The van der Waals surface area contributed by atoms with Gasteiger partial charge in [-0.1, -0.05) is 15.9 Å². The summed E-state index contributed by atoms with van der Waals surface area (Å²) >= 11 is 3.41. The van der Waals surface area contributed by atoms with Crippen molar-refractivity contribution in [2.75, 3.05) is 0 Å². The molecule has 1 N–H and O–H groups in total. The number of hydrogen-bond acceptors (Lipinski definition) is 3. The van der Waals surface area contributed by atoms with E-state index in [1.54, 1.807) is 0 Å². The molecular formula is C13H17BrN2O2. The summed E-state index contributed by atoms with van der Waals surface area (Å²) in [5.74, 6) is 0. The van der Waals surface area contributed by atoms with Crippen LogP contribution in [-0.4, -0.2) is 22.3 Å². The van der Waals surface area contributed by atoms with Crippen LogP contribution in [0.4, 0.5) is 0 Å². The number of nitrogens with zero attached hydrogens (tertiary/aromatic N) is 1. The van der Waals surface area contributed by atoms with Crippen LogP contribution in [0.3, 0.4) is 0 Å². The lowest BCUT2D eigenvalue weighted by atomic mass is 10.2. The lowest BCUT2D eigenvalue weighted by Crippen LogP contribution is -2.17. The van der Waals surface area contributed by atoms with Crippen LogP contribution < -0.4 is 0 Å². The molecule has 0 amide bonds. The fourth-order valence-electron chi connectivity index (χ4n) is 1.26. The van der Waals surface area contributed by atoms with Gasteiger partial charge in [-0.05, 0) is 45.9 Å². The summed E-state index contributed by atoms with van der Waals surface area (Å²) in [7, 11) is 0. The molecule has 18 heavy (non-hydrogen) atoms. The predicted octanol–water partition coefficient (Wildman–Crippen LogP) is 3.59. The van der Waals surface area contributed by atoms with E-state index in [0.717, 1.165) is 15.7 Å². The van der Waals surface area contributed by atoms with Crippen LogP contribution in [0.25, 0.3) is 10.9 Å². The fraction of sp³-hybridized carbons (Fsp3) is 0.385. The third kappa shape index (κ3) is 4.49. The van der Waals surface area contributed by atoms with Gasteiger partial charge in [0.1, 0.15) is 5.60 Å². The van der Waals surface area contributed by atoms with E-state index in [9.17, 15) is 4.79 Å². The molecule has 2 aromatic rings. The van der Waals surface area contributed by atoms with Gasteiger partial charge in [-0.2, -0.15) is 5.10 Å². The quantitative estimate of drug-likeness (QED) is 0.819. The monoisotopic (exact) mass is 312 g/mol. The Balaban J connectivity index is 0.000000203. The molecule has 0 fully saturated rings. The molecule has 1 heterocycles. The van der Waals surface area contributed by atoms with Gasteiger partial charge in [-0.25, -0.2) is 0 Å². The van der Waals surface area contributed by atoms with E-state index >= 15 is 0 Å². The van der Waals surface area contributed by atoms with Gasteiger partial charge in [-0.3, -0.25) is 9.89 Å². The van der Waals surface area contributed by atoms with Crippen LogP contribution in [0, 0.1) is 6.92 Å². The van der Waals surface area contributed by atoms with Crippen LogP contribution in [0.2, 0.25) is 0 Å². The van der Waals surface area contributed by atoms with Crippen molar-refractivity contribution >= 4 is 33.3 Å². The number of aromatic amines is 1. The molecule has 1 aromatic heterocycles. The van der Waals surface area contributed by atoms with Crippen molar-refractivity contribution in [1.29, 1.82) is 0 Å². The molecule has 0 radical (unpaired) electrons. The molecule has 0 bridgehead atoms. The largest absolute Gasteiger partial charge is 0.462 e. The maximum Gasteiger partial charge on any atom is 0.293 e. The Labute approximate surface area is 115 Å². The van der Waals surface area contributed by atoms with Crippen molar-refractivity contribution in [3.8, 4) is 0 Å². The number of carbonyl (C=O) groups is 1. The number of nitrogens with one attached hydrogen (secondary N) is 1. The number of hydrogen-bond donors (Lipinski definition) is 1. The molecule has 5 heteroatoms. The third-order valence-corrected chi connectivity index (χ3v) is 2.61. The topological polar surface area (TPSA) is 55.0 Å². The molecule has 0 unspecified atom stereocenters. The van der Waals surface area contributed by atoms with Crippen LogP contribution in [0.1, 0.15) is 26.5 Å². The van der Waals surface area contributed by atoms with Crippen molar-refractivity contribution in [3.63, 3.8) is 0 Å². The average molecular weight is 313 g/mol. The second kappa shape index (κ2) is 6.00. The lowest BCUT2D eigenvalue weighted by molar-refractivity contribution is -0.138. The summed E-state index contributed by atoms with van der Waals surface area (Å²) in [4.78, 5) is 9.60. The third-order valence-electron chi connectivity index (χ3n) is 2.12. The van der Waals surface area contributed by atoms with E-state index < -0.39 is 0 Å². The number of H-pyrrole nitrogens is 1. The van der Waals surface area contributed by atoms with Crippen molar-refractivity contribution in [1.82, 2.24) is 10.2 Å². The molecule has 0 saturated carbocycles. The number of rotatable bonds is 1. The Kier molecular flexibility index (Phi) is 4.90. The van der Waals surface area contributed by atoms with Crippen molar-refractivity contribution in [2.24, 2.45) is 0 Å². The predicted molar refractivity (Wildman–Crippen MR) is 75.4 cm³/mol. The minimum atomic E-state index is -0.318. The van der Waals surface area contributed by atoms with Gasteiger partial charge in [0.2, 0.25) is 0 Å². The number of aryl methyl sites for hydroxylation is 1. The zero-order chi connectivity index (χ0) is 13.8. The molecule has 2 rings (SSSR count). The van der Waals surface area contributed by atoms with Gasteiger partial charge in [-0.15, -0.1) is 0 Å². The standard InChI is InChI=1S/C8H7BrN2.C5H10O2/c1-5-7-4-6(9)2-3-8(7)11-10-5;1-5(2,3)7-4-6/h2-4H,1H3,(H,10,11);4H,1-3H3. The van der Waals surface area contributed by atoms with Gasteiger partial charge in [0, 0.05) is 9.86 Å². The Morgan fingerprint density at radius 1 is 1.39 bits per heavy atom. The molecule has 1 aromatic carbocycles. The summed E-state index contributed by atoms with van der Waals surface area (Å²) in [6.07, 6.45) is 0. The average Bonchev–Trinajstić information content (AvgIpc) is 2.59. The molecule has 0 saturated heterocycles. The molecule has 0 atom stereocenters. The first-order valence-corrected chi connectivity index (χ1v) is 6.34. The van der Waals surface area contributed by atoms with Crippen LogP contribution in [0.5, 0.6) is 0 Å². The summed E-state index contributed by atoms with van der Waals surface area (Å²) in [6.45, 7) is 7.91. The minimum Gasteiger partial charge on any atom is -0.462 e. The summed E-state index contributed by atoms with van der Waals surface area (Å²) < 4.78 is 5.64. The van der Waals surface area contributed by atoms with Gasteiger partial charge in [0.25, 0.3) is 6.47 Å². The lowest BCUT2D eigenvalue weighted by Gasteiger charge is -2.14.